The minimum Gasteiger partial charge on any atom is -0.385 e. The first kappa shape index (κ1) is 15.5. The van der Waals surface area contributed by atoms with Crippen molar-refractivity contribution < 1.29 is 18.9 Å². The molecule has 0 rings (SSSR count). The van der Waals surface area contributed by atoms with Crippen LogP contribution in [0.1, 0.15) is 6.42 Å². The van der Waals surface area contributed by atoms with Crippen LogP contribution in [0.25, 0.3) is 0 Å². The maximum Gasteiger partial charge on any atom is 0.135 e. The zero-order valence-corrected chi connectivity index (χ0v) is 10.3. The summed E-state index contributed by atoms with van der Waals surface area (Å²) in [4.78, 5) is 0. The van der Waals surface area contributed by atoms with Crippen LogP contribution in [0.4, 0.5) is 0 Å². The van der Waals surface area contributed by atoms with Crippen molar-refractivity contribution in [3.63, 3.8) is 0 Å². The quantitative estimate of drug-likeness (QED) is 0.550. The summed E-state index contributed by atoms with van der Waals surface area (Å²) in [6.45, 7) is 6.67. The first-order chi connectivity index (χ1) is 7.64. The van der Waals surface area contributed by atoms with Crippen molar-refractivity contribution in [1.29, 1.82) is 0 Å². The van der Waals surface area contributed by atoms with Gasteiger partial charge in [-0.15, -0.1) is 0 Å². The normalized spacial score (nSPS) is 13.8. The minimum absolute atomic E-state index is 0.290. The van der Waals surface area contributed by atoms with E-state index >= 15 is 0 Å². The molecule has 0 aromatic carbocycles. The lowest BCUT2D eigenvalue weighted by Gasteiger charge is -2.32. The summed E-state index contributed by atoms with van der Waals surface area (Å²) in [7, 11) is 4.75. The Kier molecular flexibility index (Phi) is 8.42. The summed E-state index contributed by atoms with van der Waals surface area (Å²) in [5.74, 6) is 0. The topological polar surface area (TPSA) is 62.9 Å². The molecule has 95 valence electrons. The van der Waals surface area contributed by atoms with Gasteiger partial charge in [0, 0.05) is 34.4 Å². The third-order valence-corrected chi connectivity index (χ3v) is 2.07. The summed E-state index contributed by atoms with van der Waals surface area (Å²) in [6.07, 6.45) is 1.52. The molecule has 0 aromatic heterocycles. The van der Waals surface area contributed by atoms with Crippen molar-refractivity contribution in [2.45, 2.75) is 18.2 Å². The second-order valence-electron chi connectivity index (χ2n) is 3.54. The Labute approximate surface area is 97.5 Å². The SMILES string of the molecule is [CH]=CC(COC)(COC)OC(N)CCOC. The summed E-state index contributed by atoms with van der Waals surface area (Å²) < 4.78 is 20.7. The molecule has 2 N–H and O–H groups in total. The third-order valence-electron chi connectivity index (χ3n) is 2.07. The summed E-state index contributed by atoms with van der Waals surface area (Å²) in [6, 6.07) is 0. The monoisotopic (exact) mass is 232 g/mol. The molecule has 0 aliphatic rings. The molecule has 0 aromatic rings. The van der Waals surface area contributed by atoms with Gasteiger partial charge >= 0.3 is 0 Å². The van der Waals surface area contributed by atoms with E-state index in [4.69, 9.17) is 31.3 Å². The molecule has 0 heterocycles. The van der Waals surface area contributed by atoms with E-state index in [1.807, 2.05) is 0 Å². The standard InChI is InChI=1S/C11H22NO4/c1-5-11(8-14-3,9-15-4)16-10(12)6-7-13-2/h1,5,10H,6-9,12H2,2-4H3. The second-order valence-corrected chi connectivity index (χ2v) is 3.54. The zero-order valence-electron chi connectivity index (χ0n) is 10.3. The minimum atomic E-state index is -0.809. The summed E-state index contributed by atoms with van der Waals surface area (Å²) in [5, 5.41) is 0. The Morgan fingerprint density at radius 3 is 2.12 bits per heavy atom. The van der Waals surface area contributed by atoms with Gasteiger partial charge in [-0.1, -0.05) is 6.58 Å². The molecule has 0 spiro atoms. The number of ether oxygens (including phenoxy) is 4. The maximum atomic E-state index is 5.79. The number of nitrogens with two attached hydrogens (primary N) is 1. The molecule has 0 aliphatic heterocycles. The van der Waals surface area contributed by atoms with Gasteiger partial charge in [-0.25, -0.2) is 0 Å². The van der Waals surface area contributed by atoms with Crippen molar-refractivity contribution in [2.24, 2.45) is 5.73 Å². The fourth-order valence-corrected chi connectivity index (χ4v) is 1.33. The van der Waals surface area contributed by atoms with Crippen LogP contribution in [0.3, 0.4) is 0 Å². The smallest absolute Gasteiger partial charge is 0.135 e. The third kappa shape index (κ3) is 5.58. The van der Waals surface area contributed by atoms with E-state index in [1.165, 1.54) is 6.08 Å². The Morgan fingerprint density at radius 2 is 1.75 bits per heavy atom. The molecular weight excluding hydrogens is 210 g/mol. The van der Waals surface area contributed by atoms with Gasteiger partial charge in [0.1, 0.15) is 11.8 Å². The van der Waals surface area contributed by atoms with Crippen LogP contribution in [-0.2, 0) is 18.9 Å². The van der Waals surface area contributed by atoms with E-state index in [-0.39, 0.29) is 13.2 Å². The molecule has 0 aliphatic carbocycles. The van der Waals surface area contributed by atoms with Gasteiger partial charge in [-0.05, 0) is 6.08 Å². The van der Waals surface area contributed by atoms with Gasteiger partial charge in [0.15, 0.2) is 0 Å². The van der Waals surface area contributed by atoms with Gasteiger partial charge in [-0.2, -0.15) is 0 Å². The van der Waals surface area contributed by atoms with E-state index in [9.17, 15) is 0 Å². The van der Waals surface area contributed by atoms with Crippen molar-refractivity contribution in [3.8, 4) is 0 Å². The van der Waals surface area contributed by atoms with Crippen molar-refractivity contribution in [1.82, 2.24) is 0 Å². The Morgan fingerprint density at radius 1 is 1.19 bits per heavy atom. The van der Waals surface area contributed by atoms with Crippen LogP contribution in [0.15, 0.2) is 6.08 Å². The summed E-state index contributed by atoms with van der Waals surface area (Å²) >= 11 is 0. The fourth-order valence-electron chi connectivity index (χ4n) is 1.33. The maximum absolute atomic E-state index is 5.79. The largest absolute Gasteiger partial charge is 0.385 e. The highest BCUT2D eigenvalue weighted by molar-refractivity contribution is 4.96. The lowest BCUT2D eigenvalue weighted by molar-refractivity contribution is -0.129. The molecule has 0 fully saturated rings. The van der Waals surface area contributed by atoms with Crippen molar-refractivity contribution in [2.75, 3.05) is 41.2 Å². The lowest BCUT2D eigenvalue weighted by atomic mass is 10.1. The highest BCUT2D eigenvalue weighted by Gasteiger charge is 2.30. The Hall–Kier alpha value is -0.460. The number of rotatable bonds is 10. The average Bonchev–Trinajstić information content (AvgIpc) is 2.27. The van der Waals surface area contributed by atoms with Crippen LogP contribution in [0.5, 0.6) is 0 Å². The Bertz CT molecular complexity index is 181. The molecule has 0 saturated heterocycles. The van der Waals surface area contributed by atoms with E-state index in [0.717, 1.165) is 0 Å². The lowest BCUT2D eigenvalue weighted by Crippen LogP contribution is -2.46. The van der Waals surface area contributed by atoms with Gasteiger partial charge in [-0.3, -0.25) is 0 Å². The number of hydrogen-bond donors (Lipinski definition) is 1. The first-order valence-electron chi connectivity index (χ1n) is 5.10. The molecule has 1 radical (unpaired) electrons. The van der Waals surface area contributed by atoms with E-state index < -0.39 is 11.8 Å². The van der Waals surface area contributed by atoms with Crippen LogP contribution >= 0.6 is 0 Å². The predicted octanol–water partition coefficient (Wildman–Crippen LogP) is 0.345. The number of methoxy groups -OCH3 is 3. The molecule has 1 atom stereocenters. The van der Waals surface area contributed by atoms with Gasteiger partial charge < -0.3 is 24.7 Å². The first-order valence-corrected chi connectivity index (χ1v) is 5.10. The van der Waals surface area contributed by atoms with E-state index in [2.05, 4.69) is 0 Å². The van der Waals surface area contributed by atoms with Crippen molar-refractivity contribution >= 4 is 0 Å². The van der Waals surface area contributed by atoms with Gasteiger partial charge in [0.05, 0.1) is 13.2 Å². The molecule has 0 saturated carbocycles. The molecule has 1 unspecified atom stereocenters. The Balaban J connectivity index is 4.32. The van der Waals surface area contributed by atoms with Crippen LogP contribution in [0, 0.1) is 6.58 Å². The van der Waals surface area contributed by atoms with Crippen LogP contribution < -0.4 is 5.73 Å². The van der Waals surface area contributed by atoms with Gasteiger partial charge in [0.25, 0.3) is 0 Å². The highest BCUT2D eigenvalue weighted by Crippen LogP contribution is 2.16. The fraction of sp³-hybridized carbons (Fsp3) is 0.818. The molecule has 5 heteroatoms. The second kappa shape index (κ2) is 8.66. The van der Waals surface area contributed by atoms with Crippen LogP contribution in [0.2, 0.25) is 0 Å². The molecule has 16 heavy (non-hydrogen) atoms. The van der Waals surface area contributed by atoms with Crippen molar-refractivity contribution in [3.05, 3.63) is 12.7 Å². The zero-order chi connectivity index (χ0) is 12.4. The average molecular weight is 232 g/mol. The molecule has 5 nitrogen and oxygen atoms in total. The molecular formula is C11H22NO4. The number of hydrogen-bond acceptors (Lipinski definition) is 5. The molecule has 0 amide bonds. The highest BCUT2D eigenvalue weighted by atomic mass is 16.6. The van der Waals surface area contributed by atoms with Gasteiger partial charge in [0.2, 0.25) is 0 Å². The predicted molar refractivity (Wildman–Crippen MR) is 60.9 cm³/mol. The van der Waals surface area contributed by atoms with E-state index in [1.54, 1.807) is 21.3 Å². The van der Waals surface area contributed by atoms with Crippen LogP contribution in [-0.4, -0.2) is 53.0 Å². The summed E-state index contributed by atoms with van der Waals surface area (Å²) in [5.41, 5.74) is 4.98. The molecule has 0 bridgehead atoms. The van der Waals surface area contributed by atoms with E-state index in [0.29, 0.717) is 13.0 Å².